The number of ether oxygens (including phenoxy) is 2. The molecule has 0 saturated carbocycles. The van der Waals surface area contributed by atoms with Gasteiger partial charge in [0.1, 0.15) is 6.61 Å². The molecule has 0 saturated heterocycles. The van der Waals surface area contributed by atoms with Crippen molar-refractivity contribution in [1.82, 2.24) is 5.32 Å². The minimum Gasteiger partial charge on any atom is -0.463 e. The van der Waals surface area contributed by atoms with Crippen LogP contribution >= 0.6 is 0 Å². The number of carbonyl (C=O) groups is 3. The third kappa shape index (κ3) is 8.32. The van der Waals surface area contributed by atoms with Crippen LogP contribution in [0.25, 0.3) is 0 Å². The average molecular weight is 257 g/mol. The molecular formula is C12H19NO5. The van der Waals surface area contributed by atoms with E-state index in [0.29, 0.717) is 6.42 Å². The molecule has 0 fully saturated rings. The fraction of sp³-hybridized carbons (Fsp3) is 0.583. The molecule has 0 aliphatic rings. The lowest BCUT2D eigenvalue weighted by molar-refractivity contribution is -0.140. The molecular weight excluding hydrogens is 238 g/mol. The highest BCUT2D eigenvalue weighted by atomic mass is 16.5. The SMILES string of the molecule is CCOC(=O)/C=C/C(=O)OC[C@@H](C)NC(=O)CC. The zero-order chi connectivity index (χ0) is 14.0. The van der Waals surface area contributed by atoms with Crippen molar-refractivity contribution in [2.24, 2.45) is 0 Å². The molecule has 1 N–H and O–H groups in total. The number of hydrogen-bond donors (Lipinski definition) is 1. The Bertz CT molecular complexity index is 324. The molecule has 0 radical (unpaired) electrons. The molecule has 0 aliphatic heterocycles. The van der Waals surface area contributed by atoms with Crippen LogP contribution in [0.5, 0.6) is 0 Å². The van der Waals surface area contributed by atoms with Crippen LogP contribution in [0, 0.1) is 0 Å². The standard InChI is InChI=1S/C12H19NO5/c1-4-10(14)13-9(3)8-18-12(16)7-6-11(15)17-5-2/h6-7,9H,4-5,8H2,1-3H3,(H,13,14)/b7-6+/t9-/m1/s1. The molecule has 6 heteroatoms. The monoisotopic (exact) mass is 257 g/mol. The second-order valence-corrected chi connectivity index (χ2v) is 3.54. The van der Waals surface area contributed by atoms with Gasteiger partial charge in [0.05, 0.1) is 12.6 Å². The summed E-state index contributed by atoms with van der Waals surface area (Å²) in [5.74, 6) is -1.36. The van der Waals surface area contributed by atoms with Crippen LogP contribution in [-0.2, 0) is 23.9 Å². The maximum absolute atomic E-state index is 11.2. The van der Waals surface area contributed by atoms with E-state index in [2.05, 4.69) is 10.1 Å². The first-order chi connectivity index (χ1) is 8.49. The van der Waals surface area contributed by atoms with Crippen LogP contribution in [0.2, 0.25) is 0 Å². The van der Waals surface area contributed by atoms with Crippen LogP contribution < -0.4 is 5.32 Å². The van der Waals surface area contributed by atoms with Gasteiger partial charge >= 0.3 is 11.9 Å². The fourth-order valence-corrected chi connectivity index (χ4v) is 1.00. The molecule has 0 aromatic heterocycles. The Balaban J connectivity index is 3.89. The number of rotatable bonds is 7. The van der Waals surface area contributed by atoms with Crippen molar-refractivity contribution in [3.8, 4) is 0 Å². The summed E-state index contributed by atoms with van der Waals surface area (Å²) < 4.78 is 9.42. The lowest BCUT2D eigenvalue weighted by Crippen LogP contribution is -2.35. The zero-order valence-electron chi connectivity index (χ0n) is 10.9. The quantitative estimate of drug-likeness (QED) is 0.532. The van der Waals surface area contributed by atoms with Crippen LogP contribution in [0.1, 0.15) is 27.2 Å². The number of carbonyl (C=O) groups excluding carboxylic acids is 3. The Morgan fingerprint density at radius 1 is 1.11 bits per heavy atom. The van der Waals surface area contributed by atoms with Crippen molar-refractivity contribution in [3.05, 3.63) is 12.2 Å². The average Bonchev–Trinajstić information content (AvgIpc) is 2.34. The van der Waals surface area contributed by atoms with Gasteiger partial charge in [0.15, 0.2) is 0 Å². The van der Waals surface area contributed by atoms with E-state index in [0.717, 1.165) is 12.2 Å². The molecule has 18 heavy (non-hydrogen) atoms. The fourth-order valence-electron chi connectivity index (χ4n) is 1.00. The highest BCUT2D eigenvalue weighted by Crippen LogP contribution is 1.90. The Hall–Kier alpha value is -1.85. The summed E-state index contributed by atoms with van der Waals surface area (Å²) in [6.45, 7) is 5.42. The lowest BCUT2D eigenvalue weighted by Gasteiger charge is -2.12. The van der Waals surface area contributed by atoms with E-state index >= 15 is 0 Å². The summed E-state index contributed by atoms with van der Waals surface area (Å²) in [6, 6.07) is -0.266. The Kier molecular flexibility index (Phi) is 8.26. The third-order valence-corrected chi connectivity index (χ3v) is 1.85. The van der Waals surface area contributed by atoms with E-state index < -0.39 is 11.9 Å². The molecule has 0 bridgehead atoms. The van der Waals surface area contributed by atoms with E-state index in [1.807, 2.05) is 0 Å². The third-order valence-electron chi connectivity index (χ3n) is 1.85. The first kappa shape index (κ1) is 16.1. The molecule has 0 spiro atoms. The molecule has 0 rings (SSSR count). The van der Waals surface area contributed by atoms with Gasteiger partial charge in [-0.2, -0.15) is 0 Å². The van der Waals surface area contributed by atoms with Gasteiger partial charge in [0.25, 0.3) is 0 Å². The zero-order valence-corrected chi connectivity index (χ0v) is 10.9. The van der Waals surface area contributed by atoms with Crippen molar-refractivity contribution >= 4 is 17.8 Å². The van der Waals surface area contributed by atoms with E-state index in [9.17, 15) is 14.4 Å². The molecule has 0 unspecified atom stereocenters. The topological polar surface area (TPSA) is 81.7 Å². The van der Waals surface area contributed by atoms with Crippen LogP contribution in [0.3, 0.4) is 0 Å². The molecule has 0 aromatic rings. The predicted molar refractivity (Wildman–Crippen MR) is 64.6 cm³/mol. The summed E-state index contributed by atoms with van der Waals surface area (Å²) in [5, 5.41) is 2.64. The van der Waals surface area contributed by atoms with E-state index in [-0.39, 0.29) is 25.2 Å². The van der Waals surface area contributed by atoms with E-state index in [1.54, 1.807) is 20.8 Å². The Morgan fingerprint density at radius 3 is 2.17 bits per heavy atom. The van der Waals surface area contributed by atoms with Crippen LogP contribution in [0.4, 0.5) is 0 Å². The van der Waals surface area contributed by atoms with Gasteiger partial charge in [-0.25, -0.2) is 9.59 Å². The van der Waals surface area contributed by atoms with Crippen molar-refractivity contribution in [2.45, 2.75) is 33.2 Å². The summed E-state index contributed by atoms with van der Waals surface area (Å²) in [7, 11) is 0. The van der Waals surface area contributed by atoms with Gasteiger partial charge in [-0.3, -0.25) is 4.79 Å². The number of nitrogens with one attached hydrogen (secondary N) is 1. The predicted octanol–water partition coefficient (Wildman–Crippen LogP) is 0.564. The maximum atomic E-state index is 11.2. The molecule has 1 amide bonds. The van der Waals surface area contributed by atoms with E-state index in [1.165, 1.54) is 0 Å². The number of hydrogen-bond acceptors (Lipinski definition) is 5. The Morgan fingerprint density at radius 2 is 1.67 bits per heavy atom. The smallest absolute Gasteiger partial charge is 0.331 e. The highest BCUT2D eigenvalue weighted by molar-refractivity contribution is 5.91. The summed E-state index contributed by atoms with van der Waals surface area (Å²) in [4.78, 5) is 33.1. The Labute approximate surface area is 106 Å². The van der Waals surface area contributed by atoms with Gasteiger partial charge in [-0.1, -0.05) is 6.92 Å². The van der Waals surface area contributed by atoms with Gasteiger partial charge in [0.2, 0.25) is 5.91 Å². The normalized spacial score (nSPS) is 11.9. The van der Waals surface area contributed by atoms with Crippen LogP contribution in [0.15, 0.2) is 12.2 Å². The second-order valence-electron chi connectivity index (χ2n) is 3.54. The van der Waals surface area contributed by atoms with Gasteiger partial charge < -0.3 is 14.8 Å². The second kappa shape index (κ2) is 9.21. The lowest BCUT2D eigenvalue weighted by atomic mass is 10.3. The first-order valence-electron chi connectivity index (χ1n) is 5.80. The van der Waals surface area contributed by atoms with Crippen molar-refractivity contribution in [3.63, 3.8) is 0 Å². The van der Waals surface area contributed by atoms with Crippen molar-refractivity contribution in [1.29, 1.82) is 0 Å². The van der Waals surface area contributed by atoms with Crippen LogP contribution in [-0.4, -0.2) is 37.1 Å². The summed E-state index contributed by atoms with van der Waals surface area (Å²) in [5.41, 5.74) is 0. The molecule has 6 nitrogen and oxygen atoms in total. The minimum atomic E-state index is -0.652. The summed E-state index contributed by atoms with van der Waals surface area (Å²) >= 11 is 0. The molecule has 102 valence electrons. The minimum absolute atomic E-state index is 0.0533. The number of esters is 2. The molecule has 0 aliphatic carbocycles. The number of amides is 1. The maximum Gasteiger partial charge on any atom is 0.331 e. The molecule has 0 heterocycles. The molecule has 0 aromatic carbocycles. The van der Waals surface area contributed by atoms with Crippen molar-refractivity contribution < 1.29 is 23.9 Å². The highest BCUT2D eigenvalue weighted by Gasteiger charge is 2.07. The summed E-state index contributed by atoms with van der Waals surface area (Å²) in [6.07, 6.45) is 2.37. The van der Waals surface area contributed by atoms with Gasteiger partial charge in [0, 0.05) is 18.6 Å². The van der Waals surface area contributed by atoms with E-state index in [4.69, 9.17) is 4.74 Å². The van der Waals surface area contributed by atoms with Crippen molar-refractivity contribution in [2.75, 3.05) is 13.2 Å². The first-order valence-corrected chi connectivity index (χ1v) is 5.80. The van der Waals surface area contributed by atoms with Gasteiger partial charge in [-0.15, -0.1) is 0 Å². The largest absolute Gasteiger partial charge is 0.463 e. The van der Waals surface area contributed by atoms with Gasteiger partial charge in [-0.05, 0) is 13.8 Å². The molecule has 1 atom stereocenters.